The molecule has 1 unspecified atom stereocenters. The Morgan fingerprint density at radius 2 is 1.44 bits per heavy atom. The second kappa shape index (κ2) is 16.9. The van der Waals surface area contributed by atoms with Crippen molar-refractivity contribution in [2.45, 2.75) is 75.9 Å². The Balaban J connectivity index is 0.684. The molecule has 10 rings (SSSR count). The van der Waals surface area contributed by atoms with Crippen LogP contribution in [0.1, 0.15) is 84.5 Å². The molecule has 15 heteroatoms. The molecule has 320 valence electrons. The van der Waals surface area contributed by atoms with Crippen LogP contribution in [-0.2, 0) is 9.59 Å². The van der Waals surface area contributed by atoms with Gasteiger partial charge in [-0.1, -0.05) is 18.2 Å². The Hall–Kier alpha value is -6.19. The first-order valence-electron chi connectivity index (χ1n) is 22.2. The van der Waals surface area contributed by atoms with Gasteiger partial charge in [0.1, 0.15) is 35.4 Å². The number of para-hydroxylation sites is 1. The molecule has 2 aromatic heterocycles. The van der Waals surface area contributed by atoms with E-state index in [1.54, 1.807) is 12.1 Å². The number of piperidine rings is 4. The second-order valence-electron chi connectivity index (χ2n) is 17.4. The number of hydrogen-bond donors (Lipinski definition) is 2. The molecule has 5 aliphatic rings. The molecule has 0 aliphatic carbocycles. The molecule has 0 saturated carbocycles. The highest BCUT2D eigenvalue weighted by atomic mass is 16.5. The molecule has 5 aromatic rings. The van der Waals surface area contributed by atoms with Gasteiger partial charge in [0.05, 0.1) is 22.6 Å². The number of rotatable bonds is 10. The lowest BCUT2D eigenvalue weighted by molar-refractivity contribution is -0.136. The van der Waals surface area contributed by atoms with Crippen LogP contribution in [0.4, 0.5) is 11.5 Å². The minimum absolute atomic E-state index is 0.105. The molecule has 0 spiro atoms. The average molecular weight is 837 g/mol. The molecule has 5 aliphatic heterocycles. The zero-order valence-corrected chi connectivity index (χ0v) is 34.8. The van der Waals surface area contributed by atoms with Crippen LogP contribution in [0.3, 0.4) is 0 Å². The number of aromatic nitrogens is 4. The van der Waals surface area contributed by atoms with E-state index >= 15 is 0 Å². The Labute approximate surface area is 360 Å². The van der Waals surface area contributed by atoms with Gasteiger partial charge in [-0.2, -0.15) is 5.10 Å². The lowest BCUT2D eigenvalue weighted by Gasteiger charge is -2.42. The van der Waals surface area contributed by atoms with Crippen molar-refractivity contribution in [2.24, 2.45) is 5.92 Å². The van der Waals surface area contributed by atoms with E-state index in [2.05, 4.69) is 34.7 Å². The van der Waals surface area contributed by atoms with Crippen LogP contribution in [0, 0.1) is 5.92 Å². The van der Waals surface area contributed by atoms with Crippen LogP contribution >= 0.6 is 0 Å². The largest absolute Gasteiger partial charge is 0.457 e. The van der Waals surface area contributed by atoms with Gasteiger partial charge in [-0.05, 0) is 132 Å². The molecule has 1 atom stereocenters. The van der Waals surface area contributed by atoms with E-state index in [0.29, 0.717) is 28.9 Å². The summed E-state index contributed by atoms with van der Waals surface area (Å²) in [5.41, 5.74) is 10.6. The summed E-state index contributed by atoms with van der Waals surface area (Å²) in [5.74, 6) is 0.724. The van der Waals surface area contributed by atoms with Gasteiger partial charge >= 0.3 is 0 Å². The quantitative estimate of drug-likeness (QED) is 0.165. The number of nitrogens with one attached hydrogen (secondary N) is 1. The molecular weight excluding hydrogens is 785 g/mol. The van der Waals surface area contributed by atoms with Gasteiger partial charge in [-0.3, -0.25) is 29.4 Å². The summed E-state index contributed by atoms with van der Waals surface area (Å²) < 4.78 is 8.11. The molecule has 4 fully saturated rings. The normalized spacial score (nSPS) is 21.2. The molecular formula is C47H52N10O5. The Kier molecular flexibility index (Phi) is 10.9. The van der Waals surface area contributed by atoms with Crippen molar-refractivity contribution in [3.8, 4) is 22.8 Å². The number of carbonyl (C=O) groups excluding carboxylic acids is 4. The highest BCUT2D eigenvalue weighted by Gasteiger charge is 2.45. The zero-order chi connectivity index (χ0) is 42.3. The molecule has 4 saturated heterocycles. The number of fused-ring (bicyclic) bond motifs is 2. The maximum Gasteiger partial charge on any atom is 0.262 e. The number of hydrogen-bond acceptors (Lipinski definition) is 12. The number of nitrogens with two attached hydrogens (primary N) is 1. The van der Waals surface area contributed by atoms with Crippen LogP contribution in [0.2, 0.25) is 0 Å². The van der Waals surface area contributed by atoms with Gasteiger partial charge in [0, 0.05) is 49.9 Å². The first kappa shape index (κ1) is 39.9. The van der Waals surface area contributed by atoms with Gasteiger partial charge in [-0.15, -0.1) is 0 Å². The number of carbonyl (C=O) groups is 4. The minimum Gasteiger partial charge on any atom is -0.457 e. The second-order valence-corrected chi connectivity index (χ2v) is 17.4. The fraction of sp³-hybridized carbons (Fsp3) is 0.426. The molecule has 3 N–H and O–H groups in total. The minimum atomic E-state index is -0.956. The molecule has 62 heavy (non-hydrogen) atoms. The maximum absolute atomic E-state index is 13.4. The van der Waals surface area contributed by atoms with Gasteiger partial charge in [0.2, 0.25) is 11.8 Å². The summed E-state index contributed by atoms with van der Waals surface area (Å²) in [6.45, 7) is 7.22. The Bertz CT molecular complexity index is 2490. The van der Waals surface area contributed by atoms with Crippen molar-refractivity contribution in [3.63, 3.8) is 0 Å². The van der Waals surface area contributed by atoms with E-state index in [-0.39, 0.29) is 24.8 Å². The maximum atomic E-state index is 13.4. The van der Waals surface area contributed by atoms with Crippen LogP contribution in [0.25, 0.3) is 22.3 Å². The summed E-state index contributed by atoms with van der Waals surface area (Å²) in [5, 5.41) is 8.20. The van der Waals surface area contributed by atoms with Crippen LogP contribution in [0.15, 0.2) is 79.1 Å². The van der Waals surface area contributed by atoms with Crippen LogP contribution in [-0.4, -0.2) is 116 Å². The number of ether oxygens (including phenoxy) is 1. The van der Waals surface area contributed by atoms with E-state index in [9.17, 15) is 19.2 Å². The summed E-state index contributed by atoms with van der Waals surface area (Å²) >= 11 is 0. The third-order valence-electron chi connectivity index (χ3n) is 13.8. The van der Waals surface area contributed by atoms with Crippen LogP contribution < -0.4 is 20.7 Å². The predicted octanol–water partition coefficient (Wildman–Crippen LogP) is 5.68. The van der Waals surface area contributed by atoms with E-state index < -0.39 is 23.8 Å². The lowest BCUT2D eigenvalue weighted by Crippen LogP contribution is -2.54. The number of anilines is 2. The number of imide groups is 2. The van der Waals surface area contributed by atoms with E-state index in [1.165, 1.54) is 25.6 Å². The average Bonchev–Trinajstić information content (AvgIpc) is 3.81. The molecule has 0 bridgehead atoms. The fourth-order valence-corrected chi connectivity index (χ4v) is 10.3. The molecule has 3 aromatic carbocycles. The van der Waals surface area contributed by atoms with E-state index in [0.717, 1.165) is 116 Å². The lowest BCUT2D eigenvalue weighted by atomic mass is 9.92. The Morgan fingerprint density at radius 3 is 2.18 bits per heavy atom. The highest BCUT2D eigenvalue weighted by Crippen LogP contribution is 2.37. The smallest absolute Gasteiger partial charge is 0.262 e. The van der Waals surface area contributed by atoms with Crippen LogP contribution in [0.5, 0.6) is 11.5 Å². The highest BCUT2D eigenvalue weighted by molar-refractivity contribution is 6.23. The molecule has 7 heterocycles. The number of nitrogens with zero attached hydrogens (tertiary/aromatic N) is 8. The Morgan fingerprint density at radius 1 is 0.726 bits per heavy atom. The first-order chi connectivity index (χ1) is 30.3. The number of amides is 4. The van der Waals surface area contributed by atoms with Crippen molar-refractivity contribution in [1.29, 1.82) is 0 Å². The van der Waals surface area contributed by atoms with Crippen molar-refractivity contribution in [2.75, 3.05) is 56.4 Å². The number of benzene rings is 3. The summed E-state index contributed by atoms with van der Waals surface area (Å²) in [6, 6.07) is 23.0. The van der Waals surface area contributed by atoms with Gasteiger partial charge in [-0.25, -0.2) is 14.6 Å². The summed E-state index contributed by atoms with van der Waals surface area (Å²) in [6.07, 6.45) is 9.52. The summed E-state index contributed by atoms with van der Waals surface area (Å²) in [7, 11) is 0. The van der Waals surface area contributed by atoms with Crippen molar-refractivity contribution in [3.05, 3.63) is 90.3 Å². The fourth-order valence-electron chi connectivity index (χ4n) is 10.3. The van der Waals surface area contributed by atoms with E-state index in [4.69, 9.17) is 15.6 Å². The molecule has 15 nitrogen and oxygen atoms in total. The van der Waals surface area contributed by atoms with Gasteiger partial charge < -0.3 is 25.2 Å². The van der Waals surface area contributed by atoms with Crippen molar-refractivity contribution >= 4 is 46.2 Å². The monoisotopic (exact) mass is 836 g/mol. The molecule has 0 radical (unpaired) electrons. The number of nitrogen functional groups attached to an aromatic ring is 1. The summed E-state index contributed by atoms with van der Waals surface area (Å²) in [4.78, 5) is 68.3. The standard InChI is InChI=1S/C47H52N10O5/c48-43-41-42(31-6-9-36(10-7-31)62-35-4-2-1-3-5-35)52-57(44(41)50-29-49-43)33-19-26-54(27-20-33)32-17-22-53(23-18-32)21-14-30-15-24-55(25-16-30)34-8-11-37-38(28-34)47(61)56(46(37)60)39-12-13-40(58)51-45(39)59/h1-11,28-30,32-33,39H,12-27H2,(H2,48,49,50)(H,51,58,59). The predicted molar refractivity (Wildman–Crippen MR) is 234 cm³/mol. The van der Waals surface area contributed by atoms with Crippen molar-refractivity contribution in [1.82, 2.24) is 39.8 Å². The zero-order valence-electron chi connectivity index (χ0n) is 34.8. The first-order valence-corrected chi connectivity index (χ1v) is 22.2. The van der Waals surface area contributed by atoms with Crippen molar-refractivity contribution < 1.29 is 23.9 Å². The number of likely N-dealkylation sites (tertiary alicyclic amines) is 2. The van der Waals surface area contributed by atoms with E-state index in [1.807, 2.05) is 60.7 Å². The SMILES string of the molecule is Nc1ncnc2c1c(-c1ccc(Oc3ccccc3)cc1)nn2C1CCN(C2CCN(CCC3CCN(c4ccc5c(c4)C(=O)N(C4CCC(=O)NC4=O)C5=O)CC3)CC2)CC1. The third-order valence-corrected chi connectivity index (χ3v) is 13.8. The van der Waals surface area contributed by atoms with Gasteiger partial charge in [0.15, 0.2) is 5.65 Å². The van der Waals surface area contributed by atoms with Gasteiger partial charge in [0.25, 0.3) is 11.8 Å². The third kappa shape index (κ3) is 7.79. The topological polar surface area (TPSA) is 172 Å². The molecule has 4 amide bonds.